The molecule has 10 rings (SSSR count). The number of nitrogens with zero attached hydrogens (tertiary/aromatic N) is 7. The number of rotatable bonds is 10. The number of amides is 4. The zero-order valence-corrected chi connectivity index (χ0v) is 32.7. The van der Waals surface area contributed by atoms with Crippen molar-refractivity contribution in [1.29, 1.82) is 0 Å². The summed E-state index contributed by atoms with van der Waals surface area (Å²) in [6, 6.07) is 14.4. The van der Waals surface area contributed by atoms with Crippen LogP contribution >= 0.6 is 0 Å². The molecule has 0 spiro atoms. The molecule has 4 saturated heterocycles. The van der Waals surface area contributed by atoms with Crippen molar-refractivity contribution in [2.45, 2.75) is 62.8 Å². The molecule has 58 heavy (non-hydrogen) atoms. The number of alkyl halides is 1. The fraction of sp³-hybridized carbons (Fsp3) is 0.488. The number of piperidine rings is 2. The van der Waals surface area contributed by atoms with Crippen molar-refractivity contribution in [3.05, 3.63) is 65.9 Å². The van der Waals surface area contributed by atoms with Crippen LogP contribution in [0.3, 0.4) is 0 Å². The summed E-state index contributed by atoms with van der Waals surface area (Å²) in [5.41, 5.74) is 2.85. The van der Waals surface area contributed by atoms with Crippen LogP contribution in [0, 0.1) is 5.92 Å². The number of benzene rings is 2. The zero-order chi connectivity index (χ0) is 39.8. The molecule has 2 N–H and O–H groups in total. The normalized spacial score (nSPS) is 23.6. The number of halogens is 1. The predicted octanol–water partition coefficient (Wildman–Crippen LogP) is 4.02. The van der Waals surface area contributed by atoms with Crippen LogP contribution in [0.15, 0.2) is 54.7 Å². The van der Waals surface area contributed by atoms with Gasteiger partial charge in [-0.3, -0.25) is 39.4 Å². The standard InChI is InChI=1S/C43H48FN9O5/c1-42(11-12-42)58-30-3-5-34-33(22-30)38(48-47-34)28-8-13-45-36(20-28)52-25-43(44,26-52)24-50-18-16-49(17-19-50)23-27-9-14-51(15-10-27)29-2-4-31-32(21-29)41(57)53(40(31)56)35-6-7-37(54)46-39(35)55/h2-5,8,13,20-22,27,35H,6-7,9-12,14-19,23-26H2,1H3,(H,47,48)(H,46,54,55). The Labute approximate surface area is 335 Å². The van der Waals surface area contributed by atoms with E-state index in [0.29, 0.717) is 36.7 Å². The summed E-state index contributed by atoms with van der Waals surface area (Å²) >= 11 is 0. The second-order valence-corrected chi connectivity index (χ2v) is 17.4. The van der Waals surface area contributed by atoms with Crippen molar-refractivity contribution < 1.29 is 28.3 Å². The van der Waals surface area contributed by atoms with Gasteiger partial charge in [-0.2, -0.15) is 5.10 Å². The molecule has 1 unspecified atom stereocenters. The van der Waals surface area contributed by atoms with Crippen LogP contribution in [-0.4, -0.2) is 136 Å². The molecule has 1 saturated carbocycles. The van der Waals surface area contributed by atoms with Gasteiger partial charge in [-0.15, -0.1) is 0 Å². The number of piperazine rings is 1. The van der Waals surface area contributed by atoms with Gasteiger partial charge in [0.2, 0.25) is 11.8 Å². The summed E-state index contributed by atoms with van der Waals surface area (Å²) in [6.07, 6.45) is 6.16. The summed E-state index contributed by atoms with van der Waals surface area (Å²) in [5.74, 6) is 0.173. The molecule has 14 nitrogen and oxygen atoms in total. The SMILES string of the molecule is CC1(Oc2ccc3[nH]nc(-c4ccnc(N5CC(F)(CN6CCN(CC7CCN(c8ccc9c(c8)C(=O)N(C8CCC(=O)NC8=O)C9=O)CC7)CC6)C5)c4)c3c2)CC1. The van der Waals surface area contributed by atoms with Gasteiger partial charge >= 0.3 is 0 Å². The van der Waals surface area contributed by atoms with Crippen molar-refractivity contribution in [2.75, 3.05) is 75.2 Å². The summed E-state index contributed by atoms with van der Waals surface area (Å²) in [7, 11) is 0. The third-order valence-corrected chi connectivity index (χ3v) is 13.0. The van der Waals surface area contributed by atoms with Crippen molar-refractivity contribution in [2.24, 2.45) is 5.92 Å². The number of aromatic nitrogens is 3. The molecule has 2 aromatic carbocycles. The third kappa shape index (κ3) is 6.97. The van der Waals surface area contributed by atoms with Gasteiger partial charge in [0.15, 0.2) is 5.67 Å². The first kappa shape index (κ1) is 36.9. The average molecular weight is 790 g/mol. The number of nitrogens with one attached hydrogen (secondary N) is 2. The number of aromatic amines is 1. The molecule has 15 heteroatoms. The van der Waals surface area contributed by atoms with Crippen LogP contribution in [0.2, 0.25) is 0 Å². The molecule has 5 aliphatic heterocycles. The molecule has 0 bridgehead atoms. The van der Waals surface area contributed by atoms with Crippen molar-refractivity contribution in [1.82, 2.24) is 35.2 Å². The monoisotopic (exact) mass is 789 g/mol. The quantitative estimate of drug-likeness (QED) is 0.225. The number of pyridine rings is 1. The summed E-state index contributed by atoms with van der Waals surface area (Å²) in [4.78, 5) is 65.2. The van der Waals surface area contributed by atoms with Crippen LogP contribution in [0.5, 0.6) is 5.75 Å². The average Bonchev–Trinajstić information content (AvgIpc) is 3.69. The van der Waals surface area contributed by atoms with Crippen molar-refractivity contribution in [3.63, 3.8) is 0 Å². The molecular formula is C43H48FN9O5. The van der Waals surface area contributed by atoms with E-state index in [1.165, 1.54) is 0 Å². The van der Waals surface area contributed by atoms with E-state index in [1.807, 2.05) is 41.3 Å². The lowest BCUT2D eigenvalue weighted by molar-refractivity contribution is -0.136. The van der Waals surface area contributed by atoms with Gasteiger partial charge in [0.1, 0.15) is 28.9 Å². The van der Waals surface area contributed by atoms with E-state index >= 15 is 4.39 Å². The number of H-pyrrole nitrogens is 1. The molecule has 7 heterocycles. The minimum atomic E-state index is -1.28. The summed E-state index contributed by atoms with van der Waals surface area (Å²) < 4.78 is 22.3. The minimum absolute atomic E-state index is 0.0668. The van der Waals surface area contributed by atoms with Gasteiger partial charge in [-0.1, -0.05) is 0 Å². The lowest BCUT2D eigenvalue weighted by Crippen LogP contribution is -2.65. The smallest absolute Gasteiger partial charge is 0.262 e. The maximum atomic E-state index is 16.1. The Hall–Kier alpha value is -5.41. The van der Waals surface area contributed by atoms with Crippen LogP contribution < -0.4 is 19.9 Å². The Morgan fingerprint density at radius 1 is 0.845 bits per heavy atom. The Balaban J connectivity index is 0.683. The van der Waals surface area contributed by atoms with Crippen molar-refractivity contribution in [3.8, 4) is 17.0 Å². The van der Waals surface area contributed by atoms with E-state index in [-0.39, 0.29) is 18.4 Å². The molecule has 1 atom stereocenters. The maximum absolute atomic E-state index is 16.1. The molecule has 4 amide bonds. The van der Waals surface area contributed by atoms with E-state index in [9.17, 15) is 19.2 Å². The second-order valence-electron chi connectivity index (χ2n) is 17.4. The van der Waals surface area contributed by atoms with Gasteiger partial charge in [-0.05, 0) is 93.5 Å². The van der Waals surface area contributed by atoms with Gasteiger partial charge < -0.3 is 19.4 Å². The second kappa shape index (κ2) is 14.2. The predicted molar refractivity (Wildman–Crippen MR) is 215 cm³/mol. The fourth-order valence-electron chi connectivity index (χ4n) is 9.40. The highest BCUT2D eigenvalue weighted by molar-refractivity contribution is 6.23. The lowest BCUT2D eigenvalue weighted by atomic mass is 9.94. The van der Waals surface area contributed by atoms with E-state index in [0.717, 1.165) is 116 Å². The molecule has 302 valence electrons. The van der Waals surface area contributed by atoms with E-state index in [2.05, 4.69) is 42.1 Å². The number of imide groups is 2. The highest BCUT2D eigenvalue weighted by atomic mass is 19.1. The molecule has 0 radical (unpaired) electrons. The van der Waals surface area contributed by atoms with E-state index < -0.39 is 35.3 Å². The largest absolute Gasteiger partial charge is 0.488 e. The maximum Gasteiger partial charge on any atom is 0.262 e. The summed E-state index contributed by atoms with van der Waals surface area (Å²) in [5, 5.41) is 11.0. The first-order chi connectivity index (χ1) is 28.0. The number of carbonyl (C=O) groups is 4. The van der Waals surface area contributed by atoms with Crippen LogP contribution in [0.25, 0.3) is 22.2 Å². The number of hydrogen-bond acceptors (Lipinski definition) is 11. The Bertz CT molecular complexity index is 2310. The highest BCUT2D eigenvalue weighted by Crippen LogP contribution is 2.41. The molecule has 1 aliphatic carbocycles. The van der Waals surface area contributed by atoms with Crippen LogP contribution in [0.1, 0.15) is 66.2 Å². The number of fused-ring (bicyclic) bond motifs is 2. The Morgan fingerprint density at radius 3 is 2.36 bits per heavy atom. The highest BCUT2D eigenvalue weighted by Gasteiger charge is 2.47. The van der Waals surface area contributed by atoms with Crippen molar-refractivity contribution >= 4 is 46.0 Å². The van der Waals surface area contributed by atoms with Gasteiger partial charge in [0.25, 0.3) is 11.8 Å². The van der Waals surface area contributed by atoms with Crippen LogP contribution in [0.4, 0.5) is 15.9 Å². The fourth-order valence-corrected chi connectivity index (χ4v) is 9.40. The molecule has 5 fully saturated rings. The van der Waals surface area contributed by atoms with E-state index in [4.69, 9.17) is 4.74 Å². The zero-order valence-electron chi connectivity index (χ0n) is 32.7. The Kier molecular flexibility index (Phi) is 9.00. The number of anilines is 2. The summed E-state index contributed by atoms with van der Waals surface area (Å²) in [6.45, 7) is 9.38. The minimum Gasteiger partial charge on any atom is -0.488 e. The first-order valence-electron chi connectivity index (χ1n) is 20.6. The van der Waals surface area contributed by atoms with Crippen LogP contribution in [-0.2, 0) is 9.59 Å². The van der Waals surface area contributed by atoms with E-state index in [1.54, 1.807) is 18.3 Å². The van der Waals surface area contributed by atoms with Gasteiger partial charge in [0.05, 0.1) is 29.7 Å². The lowest BCUT2D eigenvalue weighted by Gasteiger charge is -2.48. The molecule has 2 aromatic heterocycles. The van der Waals surface area contributed by atoms with Gasteiger partial charge in [0, 0.05) is 81.6 Å². The first-order valence-corrected chi connectivity index (χ1v) is 20.6. The number of ether oxygens (including phenoxy) is 1. The number of hydrogen-bond donors (Lipinski definition) is 2. The Morgan fingerprint density at radius 2 is 1.60 bits per heavy atom. The third-order valence-electron chi connectivity index (χ3n) is 13.0. The molecule has 6 aliphatic rings. The van der Waals surface area contributed by atoms with Gasteiger partial charge in [-0.25, -0.2) is 9.37 Å². The molecular weight excluding hydrogens is 742 g/mol. The molecule has 4 aromatic rings. The number of carbonyl (C=O) groups excluding carboxylic acids is 4. The topological polar surface area (TPSA) is 147 Å².